The summed E-state index contributed by atoms with van der Waals surface area (Å²) in [6, 6.07) is 24.4. The number of ether oxygens (including phenoxy) is 1. The number of nitrogens with one attached hydrogen (secondary N) is 1. The highest BCUT2D eigenvalue weighted by Crippen LogP contribution is 2.23. The van der Waals surface area contributed by atoms with Gasteiger partial charge in [0.05, 0.1) is 12.1 Å². The molecule has 0 atom stereocenters. The SMILES string of the molecule is CN(CC(=O)Nc1ccc(Oc2ccccc2)cc1)C1CCN(Cc2ccccc2C(=O)O)CC1. The zero-order valence-corrected chi connectivity index (χ0v) is 19.9. The maximum atomic E-state index is 12.6. The van der Waals surface area contributed by atoms with Crippen LogP contribution < -0.4 is 10.1 Å². The minimum Gasteiger partial charge on any atom is -0.478 e. The normalized spacial score (nSPS) is 14.6. The van der Waals surface area contributed by atoms with Crippen molar-refractivity contribution in [3.63, 3.8) is 0 Å². The Bertz CT molecular complexity index is 1130. The molecule has 0 saturated carbocycles. The van der Waals surface area contributed by atoms with Gasteiger partial charge in [0.15, 0.2) is 0 Å². The number of likely N-dealkylation sites (N-methyl/N-ethyl adjacent to an activating group) is 1. The first-order valence-corrected chi connectivity index (χ1v) is 11.8. The van der Waals surface area contributed by atoms with Gasteiger partial charge in [0.1, 0.15) is 11.5 Å². The lowest BCUT2D eigenvalue weighted by Crippen LogP contribution is -2.45. The Morgan fingerprint density at radius 1 is 0.943 bits per heavy atom. The highest BCUT2D eigenvalue weighted by Gasteiger charge is 2.24. The molecule has 35 heavy (non-hydrogen) atoms. The molecule has 0 aromatic heterocycles. The Hall–Kier alpha value is -3.68. The zero-order valence-electron chi connectivity index (χ0n) is 19.9. The maximum absolute atomic E-state index is 12.6. The summed E-state index contributed by atoms with van der Waals surface area (Å²) >= 11 is 0. The first-order valence-electron chi connectivity index (χ1n) is 11.8. The summed E-state index contributed by atoms with van der Waals surface area (Å²) in [6.45, 7) is 2.68. The van der Waals surface area contributed by atoms with Crippen LogP contribution in [0.4, 0.5) is 5.69 Å². The molecule has 1 aliphatic heterocycles. The maximum Gasteiger partial charge on any atom is 0.336 e. The Balaban J connectivity index is 1.22. The lowest BCUT2D eigenvalue weighted by atomic mass is 10.0. The fraction of sp³-hybridized carbons (Fsp3) is 0.286. The molecule has 0 spiro atoms. The summed E-state index contributed by atoms with van der Waals surface area (Å²) in [5, 5.41) is 12.4. The Kier molecular flexibility index (Phi) is 8.13. The van der Waals surface area contributed by atoms with Crippen LogP contribution in [0.1, 0.15) is 28.8 Å². The molecular weight excluding hydrogens is 442 g/mol. The summed E-state index contributed by atoms with van der Waals surface area (Å²) in [4.78, 5) is 28.4. The van der Waals surface area contributed by atoms with E-state index in [0.29, 0.717) is 30.4 Å². The summed E-state index contributed by atoms with van der Waals surface area (Å²) in [5.41, 5.74) is 1.94. The van der Waals surface area contributed by atoms with Crippen molar-refractivity contribution in [1.82, 2.24) is 9.80 Å². The van der Waals surface area contributed by atoms with Crippen LogP contribution in [0.5, 0.6) is 11.5 Å². The number of likely N-dealkylation sites (tertiary alicyclic amines) is 1. The number of hydrogen-bond donors (Lipinski definition) is 2. The highest BCUT2D eigenvalue weighted by atomic mass is 16.5. The van der Waals surface area contributed by atoms with Gasteiger partial charge in [-0.05, 0) is 81.0 Å². The summed E-state index contributed by atoms with van der Waals surface area (Å²) in [5.74, 6) is 0.536. The number of rotatable bonds is 9. The van der Waals surface area contributed by atoms with Gasteiger partial charge >= 0.3 is 5.97 Å². The minimum atomic E-state index is -0.889. The molecule has 0 bridgehead atoms. The predicted octanol–water partition coefficient (Wildman–Crippen LogP) is 4.71. The third-order valence-electron chi connectivity index (χ3n) is 6.33. The number of aromatic carboxylic acids is 1. The lowest BCUT2D eigenvalue weighted by Gasteiger charge is -2.36. The molecule has 2 N–H and O–H groups in total. The number of amides is 1. The molecule has 1 fully saturated rings. The Morgan fingerprint density at radius 2 is 1.57 bits per heavy atom. The third-order valence-corrected chi connectivity index (χ3v) is 6.33. The number of piperidine rings is 1. The molecule has 4 rings (SSSR count). The van der Waals surface area contributed by atoms with E-state index in [0.717, 1.165) is 42.9 Å². The van der Waals surface area contributed by atoms with Gasteiger partial charge in [0.25, 0.3) is 0 Å². The van der Waals surface area contributed by atoms with Crippen molar-refractivity contribution in [2.24, 2.45) is 0 Å². The number of carboxylic acid groups (broad SMARTS) is 1. The Morgan fingerprint density at radius 3 is 2.26 bits per heavy atom. The average molecular weight is 474 g/mol. The number of carbonyl (C=O) groups is 2. The number of anilines is 1. The number of nitrogens with zero attached hydrogens (tertiary/aromatic N) is 2. The van der Waals surface area contributed by atoms with Crippen molar-refractivity contribution in [3.8, 4) is 11.5 Å². The Labute approximate surface area is 205 Å². The molecule has 1 saturated heterocycles. The molecule has 3 aromatic carbocycles. The molecule has 0 aliphatic carbocycles. The van der Waals surface area contributed by atoms with Crippen molar-refractivity contribution in [2.45, 2.75) is 25.4 Å². The third kappa shape index (κ3) is 6.91. The van der Waals surface area contributed by atoms with Crippen LogP contribution in [-0.4, -0.2) is 59.5 Å². The smallest absolute Gasteiger partial charge is 0.336 e. The molecular formula is C28H31N3O4. The summed E-state index contributed by atoms with van der Waals surface area (Å²) in [7, 11) is 1.98. The molecule has 0 unspecified atom stereocenters. The average Bonchev–Trinajstić information content (AvgIpc) is 2.86. The van der Waals surface area contributed by atoms with Crippen LogP contribution in [0.3, 0.4) is 0 Å². The number of carboxylic acids is 1. The van der Waals surface area contributed by atoms with Gasteiger partial charge in [-0.3, -0.25) is 14.6 Å². The molecule has 1 amide bonds. The molecule has 1 aliphatic rings. The van der Waals surface area contributed by atoms with E-state index in [1.54, 1.807) is 12.1 Å². The number of para-hydroxylation sites is 1. The number of carbonyl (C=O) groups excluding carboxylic acids is 1. The van der Waals surface area contributed by atoms with Crippen molar-refractivity contribution in [2.75, 3.05) is 32.0 Å². The van der Waals surface area contributed by atoms with Gasteiger partial charge in [-0.1, -0.05) is 36.4 Å². The number of hydrogen-bond acceptors (Lipinski definition) is 5. The van der Waals surface area contributed by atoms with Crippen LogP contribution >= 0.6 is 0 Å². The predicted molar refractivity (Wildman–Crippen MR) is 136 cm³/mol. The monoisotopic (exact) mass is 473 g/mol. The van der Waals surface area contributed by atoms with Gasteiger partial charge in [-0.15, -0.1) is 0 Å². The van der Waals surface area contributed by atoms with Crippen molar-refractivity contribution < 1.29 is 19.4 Å². The van der Waals surface area contributed by atoms with Gasteiger partial charge in [0.2, 0.25) is 5.91 Å². The fourth-order valence-electron chi connectivity index (χ4n) is 4.41. The van der Waals surface area contributed by atoms with E-state index in [1.807, 2.05) is 73.8 Å². The van der Waals surface area contributed by atoms with E-state index < -0.39 is 5.97 Å². The van der Waals surface area contributed by atoms with Crippen LogP contribution in [0.2, 0.25) is 0 Å². The van der Waals surface area contributed by atoms with Crippen LogP contribution in [-0.2, 0) is 11.3 Å². The standard InChI is InChI=1S/C28H31N3O4/c1-30(23-15-17-31(18-16-23)19-21-7-5-6-10-26(21)28(33)34)20-27(32)29-22-11-13-25(14-12-22)35-24-8-3-2-4-9-24/h2-14,23H,15-20H2,1H3,(H,29,32)(H,33,34). The molecule has 3 aromatic rings. The molecule has 182 valence electrons. The number of benzene rings is 3. The molecule has 0 radical (unpaired) electrons. The van der Waals surface area contributed by atoms with Crippen LogP contribution in [0.15, 0.2) is 78.9 Å². The van der Waals surface area contributed by atoms with Gasteiger partial charge in [0, 0.05) is 18.3 Å². The van der Waals surface area contributed by atoms with E-state index in [-0.39, 0.29) is 5.91 Å². The van der Waals surface area contributed by atoms with E-state index in [4.69, 9.17) is 4.74 Å². The van der Waals surface area contributed by atoms with Crippen molar-refractivity contribution in [3.05, 3.63) is 90.0 Å². The van der Waals surface area contributed by atoms with Crippen molar-refractivity contribution in [1.29, 1.82) is 0 Å². The highest BCUT2D eigenvalue weighted by molar-refractivity contribution is 5.92. The van der Waals surface area contributed by atoms with Crippen LogP contribution in [0, 0.1) is 0 Å². The minimum absolute atomic E-state index is 0.0537. The van der Waals surface area contributed by atoms with Crippen LogP contribution in [0.25, 0.3) is 0 Å². The molecule has 1 heterocycles. The van der Waals surface area contributed by atoms with Gasteiger partial charge in [-0.25, -0.2) is 4.79 Å². The lowest BCUT2D eigenvalue weighted by molar-refractivity contribution is -0.117. The van der Waals surface area contributed by atoms with Crippen molar-refractivity contribution >= 4 is 17.6 Å². The quantitative estimate of drug-likeness (QED) is 0.468. The summed E-state index contributed by atoms with van der Waals surface area (Å²) in [6.07, 6.45) is 1.87. The molecule has 7 nitrogen and oxygen atoms in total. The second-order valence-electron chi connectivity index (χ2n) is 8.87. The summed E-state index contributed by atoms with van der Waals surface area (Å²) < 4.78 is 5.79. The van der Waals surface area contributed by atoms with E-state index in [9.17, 15) is 14.7 Å². The first-order chi connectivity index (χ1) is 17.0. The molecule has 7 heteroatoms. The first kappa shape index (κ1) is 24.4. The second-order valence-corrected chi connectivity index (χ2v) is 8.87. The van der Waals surface area contributed by atoms with Gasteiger partial charge < -0.3 is 15.2 Å². The van der Waals surface area contributed by atoms with Gasteiger partial charge in [-0.2, -0.15) is 0 Å². The fourth-order valence-corrected chi connectivity index (χ4v) is 4.41. The van der Waals surface area contributed by atoms with E-state index >= 15 is 0 Å². The zero-order chi connectivity index (χ0) is 24.6. The largest absolute Gasteiger partial charge is 0.478 e. The topological polar surface area (TPSA) is 82.1 Å². The van der Waals surface area contributed by atoms with E-state index in [2.05, 4.69) is 15.1 Å². The second kappa shape index (κ2) is 11.6. The van der Waals surface area contributed by atoms with E-state index in [1.165, 1.54) is 0 Å².